The molecule has 2 aliphatic heterocycles. The molecule has 174 valence electrons. The van der Waals surface area contributed by atoms with Crippen LogP contribution in [0.4, 0.5) is 0 Å². The molecule has 0 aromatic heterocycles. The Morgan fingerprint density at radius 3 is 2.78 bits per heavy atom. The molecule has 1 spiro atoms. The first kappa shape index (κ1) is 22.0. The number of likely N-dealkylation sites (N-methyl/N-ethyl adjacent to an activating group) is 1. The van der Waals surface area contributed by atoms with Gasteiger partial charge in [-0.2, -0.15) is 0 Å². The molecular weight excluding hydrogens is 402 g/mol. The Bertz CT molecular complexity index is 896. The van der Waals surface area contributed by atoms with Crippen LogP contribution in [-0.4, -0.2) is 47.8 Å². The van der Waals surface area contributed by atoms with Crippen LogP contribution in [0.25, 0.3) is 0 Å². The molecule has 1 aromatic carbocycles. The van der Waals surface area contributed by atoms with Gasteiger partial charge in [-0.05, 0) is 44.5 Å². The fourth-order valence-corrected chi connectivity index (χ4v) is 6.71. The Labute approximate surface area is 191 Å². The highest BCUT2D eigenvalue weighted by Crippen LogP contribution is 2.62. The lowest BCUT2D eigenvalue weighted by Gasteiger charge is -2.56. The maximum Gasteiger partial charge on any atom is 0.311 e. The average Bonchev–Trinajstić information content (AvgIpc) is 3.14. The lowest BCUT2D eigenvalue weighted by Crippen LogP contribution is -2.64. The number of hydrogen-bond acceptors (Lipinski definition) is 5. The Hall–Kier alpha value is -1.85. The topological polar surface area (TPSA) is 59.0 Å². The summed E-state index contributed by atoms with van der Waals surface area (Å²) in [6.07, 6.45) is 13.8. The van der Waals surface area contributed by atoms with E-state index in [0.717, 1.165) is 32.2 Å². The summed E-state index contributed by atoms with van der Waals surface area (Å²) in [4.78, 5) is 15.0. The van der Waals surface area contributed by atoms with Gasteiger partial charge in [0.1, 0.15) is 12.2 Å². The van der Waals surface area contributed by atoms with Gasteiger partial charge in [-0.25, -0.2) is 0 Å². The van der Waals surface area contributed by atoms with Crippen LogP contribution >= 0.6 is 0 Å². The number of rotatable bonds is 9. The van der Waals surface area contributed by atoms with Crippen LogP contribution in [-0.2, 0) is 16.6 Å². The van der Waals surface area contributed by atoms with Gasteiger partial charge >= 0.3 is 5.97 Å². The number of likely N-dealkylation sites (tertiary alicyclic amines) is 1. The highest BCUT2D eigenvalue weighted by Gasteiger charge is 2.64. The lowest BCUT2D eigenvalue weighted by molar-refractivity contribution is -0.134. The van der Waals surface area contributed by atoms with Crippen molar-refractivity contribution in [2.45, 2.75) is 94.8 Å². The minimum atomic E-state index is -0.634. The predicted molar refractivity (Wildman–Crippen MR) is 124 cm³/mol. The number of nitrogens with zero attached hydrogens (tertiary/aromatic N) is 1. The molecular formula is C27H37NO4. The third-order valence-corrected chi connectivity index (χ3v) is 8.34. The summed E-state index contributed by atoms with van der Waals surface area (Å²) in [5, 5.41) is 10.8. The lowest BCUT2D eigenvalue weighted by atomic mass is 9.53. The summed E-state index contributed by atoms with van der Waals surface area (Å²) in [5.41, 5.74) is 2.26. The number of piperidine rings is 1. The Kier molecular flexibility index (Phi) is 6.06. The molecule has 5 rings (SSSR count). The van der Waals surface area contributed by atoms with Gasteiger partial charge in [0.15, 0.2) is 11.5 Å². The molecule has 4 aliphatic rings. The fraction of sp³-hybridized carbons (Fsp3) is 0.667. The van der Waals surface area contributed by atoms with E-state index in [-0.39, 0.29) is 17.5 Å². The van der Waals surface area contributed by atoms with Crippen LogP contribution in [0.2, 0.25) is 0 Å². The van der Waals surface area contributed by atoms with Gasteiger partial charge in [0.05, 0.1) is 0 Å². The first-order chi connectivity index (χ1) is 15.6. The van der Waals surface area contributed by atoms with Crippen LogP contribution in [0.5, 0.6) is 11.5 Å². The quantitative estimate of drug-likeness (QED) is 0.265. The Morgan fingerprint density at radius 2 is 1.97 bits per heavy atom. The molecule has 1 fully saturated rings. The number of unbranched alkanes of at least 4 members (excludes halogenated alkanes) is 6. The van der Waals surface area contributed by atoms with Crippen molar-refractivity contribution < 1.29 is 19.4 Å². The first-order valence-electron chi connectivity index (χ1n) is 12.7. The molecule has 1 aromatic rings. The van der Waals surface area contributed by atoms with E-state index in [1.165, 1.54) is 43.2 Å². The monoisotopic (exact) mass is 439 g/mol. The van der Waals surface area contributed by atoms with Crippen molar-refractivity contribution in [3.05, 3.63) is 35.4 Å². The van der Waals surface area contributed by atoms with E-state index in [9.17, 15) is 9.90 Å². The number of aliphatic hydroxyl groups is 1. The number of esters is 1. The summed E-state index contributed by atoms with van der Waals surface area (Å²) in [7, 11) is 2.20. The van der Waals surface area contributed by atoms with Gasteiger partial charge in [-0.1, -0.05) is 63.7 Å². The van der Waals surface area contributed by atoms with Gasteiger partial charge in [0.2, 0.25) is 0 Å². The smallest absolute Gasteiger partial charge is 0.311 e. The molecule has 5 nitrogen and oxygen atoms in total. The number of aliphatic hydroxyl groups excluding tert-OH is 1. The van der Waals surface area contributed by atoms with Crippen LogP contribution in [0, 0.1) is 5.92 Å². The number of carbonyl (C=O) groups excluding carboxylic acids is 1. The normalized spacial score (nSPS) is 31.8. The molecule has 0 radical (unpaired) electrons. The number of benzene rings is 1. The minimum absolute atomic E-state index is 0.182. The summed E-state index contributed by atoms with van der Waals surface area (Å²) in [6.45, 7) is 3.21. The van der Waals surface area contributed by atoms with Crippen molar-refractivity contribution in [1.29, 1.82) is 0 Å². The second-order valence-corrected chi connectivity index (χ2v) is 10.3. The van der Waals surface area contributed by atoms with E-state index in [1.54, 1.807) is 0 Å². The molecule has 5 heteroatoms. The summed E-state index contributed by atoms with van der Waals surface area (Å²) in [6, 6.07) is 4.44. The van der Waals surface area contributed by atoms with Crippen molar-refractivity contribution in [3.8, 4) is 11.5 Å². The molecule has 1 saturated heterocycles. The van der Waals surface area contributed by atoms with Crippen LogP contribution in [0.15, 0.2) is 24.3 Å². The summed E-state index contributed by atoms with van der Waals surface area (Å²) < 4.78 is 12.3. The van der Waals surface area contributed by atoms with Crippen molar-refractivity contribution in [3.63, 3.8) is 0 Å². The van der Waals surface area contributed by atoms with Crippen molar-refractivity contribution in [1.82, 2.24) is 4.90 Å². The predicted octanol–water partition coefficient (Wildman–Crippen LogP) is 4.54. The van der Waals surface area contributed by atoms with Crippen molar-refractivity contribution in [2.24, 2.45) is 5.92 Å². The third kappa shape index (κ3) is 3.49. The van der Waals surface area contributed by atoms with Gasteiger partial charge in [-0.15, -0.1) is 0 Å². The third-order valence-electron chi connectivity index (χ3n) is 8.34. The van der Waals surface area contributed by atoms with Crippen LogP contribution in [0.3, 0.4) is 0 Å². The molecule has 2 aliphatic carbocycles. The molecule has 32 heavy (non-hydrogen) atoms. The molecule has 2 heterocycles. The van der Waals surface area contributed by atoms with Crippen molar-refractivity contribution >= 4 is 5.97 Å². The van der Waals surface area contributed by atoms with Gasteiger partial charge in [0.25, 0.3) is 0 Å². The maximum atomic E-state index is 12.6. The van der Waals surface area contributed by atoms with E-state index in [4.69, 9.17) is 9.47 Å². The molecule has 5 atom stereocenters. The van der Waals surface area contributed by atoms with Gasteiger partial charge < -0.3 is 19.5 Å². The zero-order chi connectivity index (χ0) is 22.3. The Morgan fingerprint density at radius 1 is 1.19 bits per heavy atom. The number of hydrogen-bond donors (Lipinski definition) is 1. The highest BCUT2D eigenvalue weighted by molar-refractivity contribution is 5.74. The standard InChI is InChI=1S/C27H37NO4/c1-3-4-5-6-7-8-9-10-23(30)31-22-14-11-18-17-20-19-12-13-21(29)26-27(19,15-16-28(20)2)24(18)25(22)32-26/h11-14,19-21,26,29H,3-10,15-17H2,1-2H3/t19-,20+,21-,26-,27-/m0/s1. The van der Waals surface area contributed by atoms with E-state index >= 15 is 0 Å². The fourth-order valence-electron chi connectivity index (χ4n) is 6.71. The highest BCUT2D eigenvalue weighted by atomic mass is 16.6. The largest absolute Gasteiger partial charge is 0.482 e. The van der Waals surface area contributed by atoms with Gasteiger partial charge in [0, 0.05) is 29.4 Å². The minimum Gasteiger partial charge on any atom is -0.482 e. The molecule has 0 saturated carbocycles. The first-order valence-corrected chi connectivity index (χ1v) is 12.7. The second kappa shape index (κ2) is 8.83. The average molecular weight is 440 g/mol. The Balaban J connectivity index is 1.32. The van der Waals surface area contributed by atoms with Crippen LogP contribution < -0.4 is 9.47 Å². The molecule has 2 bridgehead atoms. The summed E-state index contributed by atoms with van der Waals surface area (Å²) in [5.74, 6) is 1.38. The molecule has 1 N–H and O–H groups in total. The molecule has 0 unspecified atom stereocenters. The number of ether oxygens (including phenoxy) is 2. The maximum absolute atomic E-state index is 12.6. The van der Waals surface area contributed by atoms with E-state index in [0.29, 0.717) is 29.9 Å². The number of carbonyl (C=O) groups is 1. The molecule has 0 amide bonds. The van der Waals surface area contributed by atoms with Crippen molar-refractivity contribution in [2.75, 3.05) is 13.6 Å². The zero-order valence-electron chi connectivity index (χ0n) is 19.5. The summed E-state index contributed by atoms with van der Waals surface area (Å²) >= 11 is 0. The van der Waals surface area contributed by atoms with E-state index in [1.807, 2.05) is 12.1 Å². The van der Waals surface area contributed by atoms with Crippen LogP contribution in [0.1, 0.15) is 75.8 Å². The SMILES string of the molecule is CCCCCCCCCC(=O)Oc1ccc2c3c1O[C@H]1[C@@H](O)C=C[C@H]4[C@@H](C2)N(C)CC[C@@]341. The van der Waals surface area contributed by atoms with E-state index in [2.05, 4.69) is 31.0 Å². The van der Waals surface area contributed by atoms with Gasteiger partial charge in [-0.3, -0.25) is 4.79 Å². The second-order valence-electron chi connectivity index (χ2n) is 10.3. The van der Waals surface area contributed by atoms with E-state index < -0.39 is 6.10 Å². The zero-order valence-corrected chi connectivity index (χ0v) is 19.5.